The number of esters is 1. The molecule has 6 nitrogen and oxygen atoms in total. The number of carbonyl (C=O) groups is 2. The SMILES string of the molecule is CC(=O)O[C@H]1C(=O)C[C@@]23CCCN2CCc2cc4c(cc2[C@H]13)OCO4. The van der Waals surface area contributed by atoms with Gasteiger partial charge >= 0.3 is 5.97 Å². The van der Waals surface area contributed by atoms with Gasteiger partial charge in [0.2, 0.25) is 6.79 Å². The van der Waals surface area contributed by atoms with Crippen molar-refractivity contribution in [1.82, 2.24) is 4.90 Å². The van der Waals surface area contributed by atoms with E-state index in [1.807, 2.05) is 12.1 Å². The van der Waals surface area contributed by atoms with E-state index >= 15 is 0 Å². The Labute approximate surface area is 146 Å². The summed E-state index contributed by atoms with van der Waals surface area (Å²) in [7, 11) is 0. The molecule has 4 aliphatic rings. The van der Waals surface area contributed by atoms with Gasteiger partial charge in [0.1, 0.15) is 0 Å². The van der Waals surface area contributed by atoms with Crippen molar-refractivity contribution in [2.24, 2.45) is 0 Å². The molecule has 5 rings (SSSR count). The molecule has 0 radical (unpaired) electrons. The molecule has 1 spiro atoms. The fraction of sp³-hybridized carbons (Fsp3) is 0.579. The van der Waals surface area contributed by atoms with Crippen LogP contribution in [0.25, 0.3) is 0 Å². The Kier molecular flexibility index (Phi) is 3.17. The van der Waals surface area contributed by atoms with Gasteiger partial charge in [0.15, 0.2) is 23.4 Å². The summed E-state index contributed by atoms with van der Waals surface area (Å²) in [6, 6.07) is 4.06. The van der Waals surface area contributed by atoms with Crippen LogP contribution in [0, 0.1) is 0 Å². The van der Waals surface area contributed by atoms with Gasteiger partial charge in [-0.1, -0.05) is 0 Å². The molecule has 0 amide bonds. The average Bonchev–Trinajstić information content (AvgIpc) is 3.22. The molecule has 0 aromatic heterocycles. The van der Waals surface area contributed by atoms with Crippen LogP contribution in [0.15, 0.2) is 12.1 Å². The van der Waals surface area contributed by atoms with Crippen LogP contribution in [0.4, 0.5) is 0 Å². The molecule has 25 heavy (non-hydrogen) atoms. The number of hydrogen-bond acceptors (Lipinski definition) is 6. The third kappa shape index (κ3) is 2.06. The molecule has 3 heterocycles. The molecule has 132 valence electrons. The van der Waals surface area contributed by atoms with Crippen molar-refractivity contribution in [2.75, 3.05) is 19.9 Å². The minimum absolute atomic E-state index is 0.0395. The van der Waals surface area contributed by atoms with Crippen LogP contribution < -0.4 is 9.47 Å². The summed E-state index contributed by atoms with van der Waals surface area (Å²) in [4.78, 5) is 26.9. The molecule has 0 N–H and O–H groups in total. The van der Waals surface area contributed by atoms with E-state index in [0.29, 0.717) is 6.42 Å². The molecule has 1 saturated carbocycles. The fourth-order valence-corrected chi connectivity index (χ4v) is 5.35. The van der Waals surface area contributed by atoms with Crippen molar-refractivity contribution in [1.29, 1.82) is 0 Å². The summed E-state index contributed by atoms with van der Waals surface area (Å²) in [5.74, 6) is 1.01. The average molecular weight is 343 g/mol. The Morgan fingerprint density at radius 3 is 2.88 bits per heavy atom. The van der Waals surface area contributed by atoms with E-state index in [2.05, 4.69) is 4.90 Å². The second-order valence-corrected chi connectivity index (χ2v) is 7.50. The first-order chi connectivity index (χ1) is 12.1. The molecular weight excluding hydrogens is 322 g/mol. The molecule has 3 aliphatic heterocycles. The lowest BCUT2D eigenvalue weighted by atomic mass is 9.78. The number of hydrogen-bond donors (Lipinski definition) is 0. The van der Waals surface area contributed by atoms with Crippen molar-refractivity contribution >= 4 is 11.8 Å². The minimum atomic E-state index is -0.699. The zero-order valence-electron chi connectivity index (χ0n) is 14.2. The summed E-state index contributed by atoms with van der Waals surface area (Å²) in [5, 5.41) is 0. The second-order valence-electron chi connectivity index (χ2n) is 7.50. The van der Waals surface area contributed by atoms with Gasteiger partial charge < -0.3 is 14.2 Å². The smallest absolute Gasteiger partial charge is 0.303 e. The van der Waals surface area contributed by atoms with Gasteiger partial charge in [-0.05, 0) is 49.1 Å². The summed E-state index contributed by atoms with van der Waals surface area (Å²) in [6.07, 6.45) is 2.72. The minimum Gasteiger partial charge on any atom is -0.454 e. The lowest BCUT2D eigenvalue weighted by Crippen LogP contribution is -2.47. The predicted octanol–water partition coefficient (Wildman–Crippen LogP) is 1.79. The Bertz CT molecular complexity index is 775. The van der Waals surface area contributed by atoms with Crippen molar-refractivity contribution in [3.05, 3.63) is 23.3 Å². The number of fused-ring (bicyclic) bond motifs is 3. The summed E-state index contributed by atoms with van der Waals surface area (Å²) >= 11 is 0. The lowest BCUT2D eigenvalue weighted by Gasteiger charge is -2.39. The van der Waals surface area contributed by atoms with Crippen LogP contribution in [-0.2, 0) is 20.7 Å². The van der Waals surface area contributed by atoms with Crippen LogP contribution in [0.2, 0.25) is 0 Å². The molecule has 1 aromatic rings. The summed E-state index contributed by atoms with van der Waals surface area (Å²) in [5.41, 5.74) is 2.04. The van der Waals surface area contributed by atoms with Gasteiger partial charge in [-0.15, -0.1) is 0 Å². The number of carbonyl (C=O) groups excluding carboxylic acids is 2. The largest absolute Gasteiger partial charge is 0.454 e. The Balaban J connectivity index is 1.69. The molecule has 1 aliphatic carbocycles. The third-order valence-electron chi connectivity index (χ3n) is 6.26. The number of ether oxygens (including phenoxy) is 3. The standard InChI is InChI=1S/C19H21NO5/c1-11(21)25-18-14(22)9-19-4-2-5-20(19)6-3-12-7-15-16(24-10-23-15)8-13(12)17(18)19/h7-8,17-18H,2-6,9-10H2,1H3/t17-,18+,19-/m1/s1. The predicted molar refractivity (Wildman–Crippen MR) is 87.7 cm³/mol. The Morgan fingerprint density at radius 1 is 1.28 bits per heavy atom. The van der Waals surface area contributed by atoms with Gasteiger partial charge in [0, 0.05) is 31.3 Å². The fourth-order valence-electron chi connectivity index (χ4n) is 5.35. The highest BCUT2D eigenvalue weighted by Crippen LogP contribution is 2.55. The van der Waals surface area contributed by atoms with E-state index in [4.69, 9.17) is 14.2 Å². The van der Waals surface area contributed by atoms with E-state index in [-0.39, 0.29) is 24.0 Å². The highest BCUT2D eigenvalue weighted by Gasteiger charge is 2.61. The molecular formula is C19H21NO5. The van der Waals surface area contributed by atoms with Crippen LogP contribution >= 0.6 is 0 Å². The summed E-state index contributed by atoms with van der Waals surface area (Å²) < 4.78 is 16.7. The summed E-state index contributed by atoms with van der Waals surface area (Å²) in [6.45, 7) is 3.52. The van der Waals surface area contributed by atoms with E-state index in [1.54, 1.807) is 0 Å². The van der Waals surface area contributed by atoms with Crippen LogP contribution in [0.3, 0.4) is 0 Å². The highest BCUT2D eigenvalue weighted by molar-refractivity contribution is 5.91. The van der Waals surface area contributed by atoms with Gasteiger partial charge in [0.25, 0.3) is 0 Å². The zero-order chi connectivity index (χ0) is 17.2. The van der Waals surface area contributed by atoms with Crippen LogP contribution in [-0.4, -0.2) is 48.2 Å². The topological polar surface area (TPSA) is 65.1 Å². The van der Waals surface area contributed by atoms with E-state index in [9.17, 15) is 9.59 Å². The first-order valence-corrected chi connectivity index (χ1v) is 8.96. The number of Topliss-reactive ketones (excluding diaryl/α,β-unsaturated/α-hetero) is 1. The van der Waals surface area contributed by atoms with Gasteiger partial charge in [-0.3, -0.25) is 14.5 Å². The molecule has 1 saturated heterocycles. The number of ketones is 1. The van der Waals surface area contributed by atoms with Gasteiger partial charge in [-0.2, -0.15) is 0 Å². The zero-order valence-corrected chi connectivity index (χ0v) is 14.2. The number of rotatable bonds is 1. The van der Waals surface area contributed by atoms with Crippen LogP contribution in [0.1, 0.15) is 43.2 Å². The quantitative estimate of drug-likeness (QED) is 0.725. The Hall–Kier alpha value is -2.08. The first-order valence-electron chi connectivity index (χ1n) is 8.96. The number of benzene rings is 1. The van der Waals surface area contributed by atoms with Crippen molar-refractivity contribution in [3.63, 3.8) is 0 Å². The van der Waals surface area contributed by atoms with Crippen molar-refractivity contribution in [3.8, 4) is 11.5 Å². The second kappa shape index (κ2) is 5.21. The maximum Gasteiger partial charge on any atom is 0.303 e. The van der Waals surface area contributed by atoms with Crippen LogP contribution in [0.5, 0.6) is 11.5 Å². The molecule has 6 heteroatoms. The van der Waals surface area contributed by atoms with Crippen molar-refractivity contribution < 1.29 is 23.8 Å². The number of nitrogens with zero attached hydrogens (tertiary/aromatic N) is 1. The van der Waals surface area contributed by atoms with Gasteiger partial charge in [0.05, 0.1) is 0 Å². The van der Waals surface area contributed by atoms with E-state index < -0.39 is 12.1 Å². The van der Waals surface area contributed by atoms with E-state index in [0.717, 1.165) is 49.4 Å². The van der Waals surface area contributed by atoms with Gasteiger partial charge in [-0.25, -0.2) is 0 Å². The molecule has 1 aromatic carbocycles. The highest BCUT2D eigenvalue weighted by atomic mass is 16.7. The molecule has 0 bridgehead atoms. The maximum absolute atomic E-state index is 12.8. The van der Waals surface area contributed by atoms with E-state index in [1.165, 1.54) is 12.5 Å². The molecule has 3 atom stereocenters. The maximum atomic E-state index is 12.8. The normalized spacial score (nSPS) is 32.8. The Morgan fingerprint density at radius 2 is 2.08 bits per heavy atom. The van der Waals surface area contributed by atoms with Crippen molar-refractivity contribution in [2.45, 2.75) is 50.2 Å². The third-order valence-corrected chi connectivity index (χ3v) is 6.26. The molecule has 2 fully saturated rings. The monoisotopic (exact) mass is 343 g/mol. The molecule has 0 unspecified atom stereocenters. The first kappa shape index (κ1) is 15.2. The lowest BCUT2D eigenvalue weighted by molar-refractivity contribution is -0.152.